The van der Waals surface area contributed by atoms with E-state index in [1.807, 2.05) is 0 Å². The third kappa shape index (κ3) is 3.32. The number of anilines is 2. The first-order valence-corrected chi connectivity index (χ1v) is 11.1. The number of aryl methyl sites for hydroxylation is 1. The molecule has 10 nitrogen and oxygen atoms in total. The number of nitro groups is 1. The molecular formula is C20H17N5O5S. The van der Waals surface area contributed by atoms with Crippen LogP contribution >= 0.6 is 0 Å². The van der Waals surface area contributed by atoms with E-state index < -0.39 is 14.9 Å². The Hall–Kier alpha value is -3.73. The molecule has 2 aromatic carbocycles. The Morgan fingerprint density at radius 1 is 1.16 bits per heavy atom. The van der Waals surface area contributed by atoms with Gasteiger partial charge in [0, 0.05) is 30.3 Å². The molecule has 2 N–H and O–H groups in total. The molecule has 1 aromatic heterocycles. The Kier molecular flexibility index (Phi) is 4.29. The van der Waals surface area contributed by atoms with E-state index in [1.165, 1.54) is 18.2 Å². The van der Waals surface area contributed by atoms with Crippen LogP contribution in [0, 0.1) is 10.1 Å². The monoisotopic (exact) mass is 439 g/mol. The maximum atomic E-state index is 13.0. The van der Waals surface area contributed by atoms with Crippen LogP contribution in [0.1, 0.15) is 17.5 Å². The van der Waals surface area contributed by atoms with E-state index in [2.05, 4.69) is 14.9 Å². The molecule has 11 heteroatoms. The second-order valence-electron chi connectivity index (χ2n) is 7.50. The van der Waals surface area contributed by atoms with Crippen molar-refractivity contribution in [2.75, 3.05) is 16.2 Å². The van der Waals surface area contributed by atoms with Gasteiger partial charge in [-0.25, -0.2) is 8.42 Å². The number of nitrogens with one attached hydrogen (secondary N) is 2. The van der Waals surface area contributed by atoms with Crippen LogP contribution in [0.2, 0.25) is 0 Å². The second-order valence-corrected chi connectivity index (χ2v) is 9.18. The number of H-pyrrole nitrogens is 1. The van der Waals surface area contributed by atoms with Gasteiger partial charge in [-0.3, -0.25) is 24.7 Å². The van der Waals surface area contributed by atoms with Crippen molar-refractivity contribution in [2.24, 2.45) is 0 Å². The largest absolute Gasteiger partial charge is 0.312 e. The highest BCUT2D eigenvalue weighted by Crippen LogP contribution is 2.38. The molecule has 3 heterocycles. The molecule has 0 bridgehead atoms. The molecule has 0 unspecified atom stereocenters. The van der Waals surface area contributed by atoms with E-state index in [0.717, 1.165) is 29.7 Å². The van der Waals surface area contributed by atoms with Gasteiger partial charge in [-0.1, -0.05) is 12.1 Å². The van der Waals surface area contributed by atoms with E-state index in [4.69, 9.17) is 0 Å². The summed E-state index contributed by atoms with van der Waals surface area (Å²) in [6.07, 6.45) is 1.71. The SMILES string of the molecule is O=C1Cc2cc(S(=O)(=O)Nc3cc(-c4cccc([N+](=O)[O-])c4)[nH]n3)cc3c2N1CCC3. The second kappa shape index (κ2) is 6.91. The molecule has 158 valence electrons. The summed E-state index contributed by atoms with van der Waals surface area (Å²) in [5.74, 6) is 0.0562. The standard InChI is InChI=1S/C20H17N5O5S/c26-19-10-14-9-16(8-13-4-2-6-24(19)20(13)14)31(29,30)23-18-11-17(21-22-18)12-3-1-5-15(7-12)25(27)28/h1,3,5,7-9,11H,2,4,6,10H2,(H2,21,22,23). The Labute approximate surface area is 177 Å². The molecule has 31 heavy (non-hydrogen) atoms. The van der Waals surface area contributed by atoms with Crippen LogP contribution in [0.15, 0.2) is 47.4 Å². The molecule has 2 aliphatic rings. The van der Waals surface area contributed by atoms with Crippen molar-refractivity contribution in [3.8, 4) is 11.3 Å². The first-order chi connectivity index (χ1) is 14.8. The summed E-state index contributed by atoms with van der Waals surface area (Å²) < 4.78 is 28.4. The lowest BCUT2D eigenvalue weighted by Gasteiger charge is -2.25. The molecule has 0 fully saturated rings. The Morgan fingerprint density at radius 2 is 1.97 bits per heavy atom. The highest BCUT2D eigenvalue weighted by atomic mass is 32.2. The topological polar surface area (TPSA) is 138 Å². The van der Waals surface area contributed by atoms with Gasteiger partial charge < -0.3 is 4.90 Å². The van der Waals surface area contributed by atoms with Gasteiger partial charge in [0.15, 0.2) is 5.82 Å². The van der Waals surface area contributed by atoms with Gasteiger partial charge in [0.1, 0.15) is 0 Å². The van der Waals surface area contributed by atoms with Crippen LogP contribution in [0.5, 0.6) is 0 Å². The number of aromatic amines is 1. The number of amides is 1. The lowest BCUT2D eigenvalue weighted by molar-refractivity contribution is -0.384. The number of aromatic nitrogens is 2. The molecule has 0 atom stereocenters. The van der Waals surface area contributed by atoms with Gasteiger partial charge in [-0.05, 0) is 36.1 Å². The van der Waals surface area contributed by atoms with E-state index in [1.54, 1.807) is 29.2 Å². The summed E-state index contributed by atoms with van der Waals surface area (Å²) in [6.45, 7) is 0.664. The number of rotatable bonds is 5. The van der Waals surface area contributed by atoms with Crippen molar-refractivity contribution >= 4 is 33.1 Å². The predicted octanol–water partition coefficient (Wildman–Crippen LogP) is 2.62. The average molecular weight is 439 g/mol. The fourth-order valence-corrected chi connectivity index (χ4v) is 5.20. The van der Waals surface area contributed by atoms with Gasteiger partial charge in [-0.15, -0.1) is 0 Å². The number of non-ortho nitro benzene ring substituents is 1. The van der Waals surface area contributed by atoms with E-state index in [0.29, 0.717) is 17.8 Å². The smallest absolute Gasteiger partial charge is 0.270 e. The minimum Gasteiger partial charge on any atom is -0.312 e. The van der Waals surface area contributed by atoms with Crippen LogP contribution in [0.4, 0.5) is 17.2 Å². The molecule has 0 aliphatic carbocycles. The minimum absolute atomic E-state index is 0.00708. The maximum Gasteiger partial charge on any atom is 0.270 e. The minimum atomic E-state index is -3.94. The molecular weight excluding hydrogens is 422 g/mol. The van der Waals surface area contributed by atoms with Crippen molar-refractivity contribution in [1.29, 1.82) is 0 Å². The summed E-state index contributed by atoms with van der Waals surface area (Å²) in [4.78, 5) is 24.5. The zero-order valence-electron chi connectivity index (χ0n) is 16.2. The summed E-state index contributed by atoms with van der Waals surface area (Å²) in [6, 6.07) is 10.6. The molecule has 0 saturated carbocycles. The van der Waals surface area contributed by atoms with Crippen LogP contribution in [0.3, 0.4) is 0 Å². The van der Waals surface area contributed by atoms with Crippen molar-refractivity contribution in [2.45, 2.75) is 24.2 Å². The first-order valence-electron chi connectivity index (χ1n) is 9.61. The molecule has 2 aliphatic heterocycles. The van der Waals surface area contributed by atoms with Crippen molar-refractivity contribution < 1.29 is 18.1 Å². The van der Waals surface area contributed by atoms with Crippen LogP contribution in [-0.2, 0) is 27.7 Å². The lowest BCUT2D eigenvalue weighted by Crippen LogP contribution is -2.31. The summed E-state index contributed by atoms with van der Waals surface area (Å²) in [5, 5.41) is 17.7. The molecule has 0 radical (unpaired) electrons. The van der Waals surface area contributed by atoms with Gasteiger partial charge in [0.05, 0.1) is 27.6 Å². The van der Waals surface area contributed by atoms with Gasteiger partial charge in [0.2, 0.25) is 5.91 Å². The Bertz CT molecular complexity index is 1350. The molecule has 3 aromatic rings. The van der Waals surface area contributed by atoms with Crippen LogP contribution in [0.25, 0.3) is 11.3 Å². The predicted molar refractivity (Wildman–Crippen MR) is 112 cm³/mol. The van der Waals surface area contributed by atoms with E-state index in [9.17, 15) is 23.3 Å². The zero-order chi connectivity index (χ0) is 21.8. The molecule has 5 rings (SSSR count). The van der Waals surface area contributed by atoms with E-state index in [-0.39, 0.29) is 28.7 Å². The van der Waals surface area contributed by atoms with Crippen molar-refractivity contribution in [1.82, 2.24) is 10.2 Å². The number of sulfonamides is 1. The molecule has 0 saturated heterocycles. The summed E-state index contributed by atoms with van der Waals surface area (Å²) in [7, 11) is -3.94. The maximum absolute atomic E-state index is 13.0. The number of hydrogen-bond donors (Lipinski definition) is 2. The number of carbonyl (C=O) groups excluding carboxylic acids is 1. The molecule has 1 amide bonds. The third-order valence-corrected chi connectivity index (χ3v) is 6.81. The normalized spacial score (nSPS) is 15.1. The van der Waals surface area contributed by atoms with E-state index >= 15 is 0 Å². The Morgan fingerprint density at radius 3 is 2.77 bits per heavy atom. The first kappa shape index (κ1) is 19.2. The number of benzene rings is 2. The molecule has 0 spiro atoms. The van der Waals surface area contributed by atoms with Gasteiger partial charge in [-0.2, -0.15) is 5.10 Å². The fraction of sp³-hybridized carbons (Fsp3) is 0.200. The highest BCUT2D eigenvalue weighted by molar-refractivity contribution is 7.92. The Balaban J connectivity index is 1.44. The lowest BCUT2D eigenvalue weighted by atomic mass is 10.0. The third-order valence-electron chi connectivity index (χ3n) is 5.48. The quantitative estimate of drug-likeness (QED) is 0.463. The van der Waals surface area contributed by atoms with Crippen molar-refractivity contribution in [3.05, 3.63) is 63.7 Å². The number of nitrogens with zero attached hydrogens (tertiary/aromatic N) is 3. The average Bonchev–Trinajstić information content (AvgIpc) is 3.33. The number of hydrogen-bond acceptors (Lipinski definition) is 6. The number of nitro benzene ring substituents is 1. The van der Waals surface area contributed by atoms with Crippen LogP contribution < -0.4 is 9.62 Å². The highest BCUT2D eigenvalue weighted by Gasteiger charge is 2.34. The zero-order valence-corrected chi connectivity index (χ0v) is 17.0. The fourth-order valence-electron chi connectivity index (χ4n) is 4.11. The number of carbonyl (C=O) groups is 1. The van der Waals surface area contributed by atoms with Crippen molar-refractivity contribution in [3.63, 3.8) is 0 Å². The summed E-state index contributed by atoms with van der Waals surface area (Å²) in [5.41, 5.74) is 3.29. The van der Waals surface area contributed by atoms with Gasteiger partial charge in [0.25, 0.3) is 15.7 Å². The van der Waals surface area contributed by atoms with Crippen LogP contribution in [-0.4, -0.2) is 36.0 Å². The summed E-state index contributed by atoms with van der Waals surface area (Å²) >= 11 is 0. The van der Waals surface area contributed by atoms with Gasteiger partial charge >= 0.3 is 0 Å².